The number of carbonyl (C=O) groups excluding carboxylic acids is 1. The number of aromatic nitrogens is 2. The second-order valence-corrected chi connectivity index (χ2v) is 5.41. The average molecular weight is 326 g/mol. The molecule has 0 radical (unpaired) electrons. The van der Waals surface area contributed by atoms with Crippen LogP contribution in [0, 0.1) is 0 Å². The highest BCUT2D eigenvalue weighted by atomic mass is 16.7. The van der Waals surface area contributed by atoms with Crippen LogP contribution < -0.4 is 5.56 Å². The molecule has 0 amide bonds. The molecule has 5 atom stereocenters. The number of rotatable bonds is 2. The van der Waals surface area contributed by atoms with Crippen LogP contribution in [-0.2, 0) is 18.9 Å². The van der Waals surface area contributed by atoms with E-state index in [1.165, 1.54) is 24.1 Å². The zero-order chi connectivity index (χ0) is 16.6. The fourth-order valence-corrected chi connectivity index (χ4v) is 2.82. The molecule has 0 saturated carbocycles. The normalized spacial score (nSPS) is 33.8. The second-order valence-electron chi connectivity index (χ2n) is 5.41. The van der Waals surface area contributed by atoms with E-state index in [0.29, 0.717) is 6.61 Å². The fourth-order valence-electron chi connectivity index (χ4n) is 2.82. The SMILES string of the molecule is COC(=O)c1nccn([C@@H]2CO[C@@H]3COC(C)O[C@@H]3[C@H]2O)c1=O. The lowest BCUT2D eigenvalue weighted by Crippen LogP contribution is -2.58. The van der Waals surface area contributed by atoms with Crippen LogP contribution in [0.3, 0.4) is 0 Å². The van der Waals surface area contributed by atoms with E-state index in [2.05, 4.69) is 9.72 Å². The molecule has 3 heterocycles. The Balaban J connectivity index is 1.90. The lowest BCUT2D eigenvalue weighted by molar-refractivity contribution is -0.297. The van der Waals surface area contributed by atoms with Crippen molar-refractivity contribution in [1.82, 2.24) is 9.55 Å². The Labute approximate surface area is 131 Å². The number of aliphatic hydroxyl groups excluding tert-OH is 1. The average Bonchev–Trinajstić information content (AvgIpc) is 2.56. The lowest BCUT2D eigenvalue weighted by Gasteiger charge is -2.44. The summed E-state index contributed by atoms with van der Waals surface area (Å²) >= 11 is 0. The highest BCUT2D eigenvalue weighted by Gasteiger charge is 2.45. The van der Waals surface area contributed by atoms with Crippen molar-refractivity contribution in [2.75, 3.05) is 20.3 Å². The summed E-state index contributed by atoms with van der Waals surface area (Å²) in [6.07, 6.45) is 0.252. The number of carbonyl (C=O) groups is 1. The summed E-state index contributed by atoms with van der Waals surface area (Å²) in [5, 5.41) is 10.6. The van der Waals surface area contributed by atoms with Crippen LogP contribution in [0.5, 0.6) is 0 Å². The van der Waals surface area contributed by atoms with Crippen molar-refractivity contribution < 1.29 is 28.8 Å². The van der Waals surface area contributed by atoms with Crippen LogP contribution in [0.4, 0.5) is 0 Å². The van der Waals surface area contributed by atoms with Gasteiger partial charge in [-0.15, -0.1) is 0 Å². The Morgan fingerprint density at radius 2 is 2.22 bits per heavy atom. The predicted molar refractivity (Wildman–Crippen MR) is 74.9 cm³/mol. The number of methoxy groups -OCH3 is 1. The van der Waals surface area contributed by atoms with Crippen LogP contribution >= 0.6 is 0 Å². The molecule has 0 aliphatic carbocycles. The van der Waals surface area contributed by atoms with Crippen molar-refractivity contribution in [1.29, 1.82) is 0 Å². The van der Waals surface area contributed by atoms with E-state index < -0.39 is 42.2 Å². The minimum atomic E-state index is -0.981. The Hall–Kier alpha value is -1.81. The van der Waals surface area contributed by atoms with Gasteiger partial charge in [0.1, 0.15) is 18.3 Å². The first kappa shape index (κ1) is 16.1. The van der Waals surface area contributed by atoms with E-state index >= 15 is 0 Å². The van der Waals surface area contributed by atoms with Gasteiger partial charge in [-0.3, -0.25) is 4.79 Å². The van der Waals surface area contributed by atoms with E-state index in [0.717, 1.165) is 0 Å². The largest absolute Gasteiger partial charge is 0.464 e. The quantitative estimate of drug-likeness (QED) is 0.696. The highest BCUT2D eigenvalue weighted by molar-refractivity contribution is 5.86. The van der Waals surface area contributed by atoms with Gasteiger partial charge in [-0.25, -0.2) is 9.78 Å². The van der Waals surface area contributed by atoms with Crippen LogP contribution in [0.15, 0.2) is 17.2 Å². The maximum Gasteiger partial charge on any atom is 0.362 e. The van der Waals surface area contributed by atoms with Gasteiger partial charge in [0.25, 0.3) is 5.56 Å². The van der Waals surface area contributed by atoms with Crippen LogP contribution in [0.2, 0.25) is 0 Å². The first-order valence-corrected chi connectivity index (χ1v) is 7.25. The minimum absolute atomic E-state index is 0.0912. The van der Waals surface area contributed by atoms with Gasteiger partial charge < -0.3 is 28.6 Å². The van der Waals surface area contributed by atoms with Gasteiger partial charge in [-0.2, -0.15) is 0 Å². The molecule has 0 spiro atoms. The molecule has 2 aliphatic rings. The van der Waals surface area contributed by atoms with Crippen molar-refractivity contribution in [2.24, 2.45) is 0 Å². The molecule has 9 nitrogen and oxygen atoms in total. The first-order chi connectivity index (χ1) is 11.0. The smallest absolute Gasteiger partial charge is 0.362 e. The number of hydrogen-bond acceptors (Lipinski definition) is 8. The molecule has 1 N–H and O–H groups in total. The summed E-state index contributed by atoms with van der Waals surface area (Å²) < 4.78 is 22.3. The molecule has 2 aliphatic heterocycles. The Morgan fingerprint density at radius 1 is 1.43 bits per heavy atom. The number of fused-ring (bicyclic) bond motifs is 1. The monoisotopic (exact) mass is 326 g/mol. The predicted octanol–water partition coefficient (Wildman–Crippen LogP) is -0.908. The van der Waals surface area contributed by atoms with Gasteiger partial charge in [0.05, 0.1) is 26.4 Å². The molecule has 1 aromatic rings. The van der Waals surface area contributed by atoms with Crippen molar-refractivity contribution >= 4 is 5.97 Å². The first-order valence-electron chi connectivity index (χ1n) is 7.25. The van der Waals surface area contributed by atoms with Crippen molar-refractivity contribution in [2.45, 2.75) is 37.6 Å². The van der Waals surface area contributed by atoms with Gasteiger partial charge in [-0.1, -0.05) is 0 Å². The third-order valence-corrected chi connectivity index (χ3v) is 4.03. The molecule has 1 unspecified atom stereocenters. The Kier molecular flexibility index (Phi) is 4.44. The fraction of sp³-hybridized carbons (Fsp3) is 0.643. The van der Waals surface area contributed by atoms with E-state index in [4.69, 9.17) is 14.2 Å². The molecule has 0 bridgehead atoms. The summed E-state index contributed by atoms with van der Waals surface area (Å²) in [5.41, 5.74) is -0.990. The summed E-state index contributed by atoms with van der Waals surface area (Å²) in [5.74, 6) is -0.829. The molecule has 23 heavy (non-hydrogen) atoms. The van der Waals surface area contributed by atoms with Gasteiger partial charge in [-0.05, 0) is 6.92 Å². The molecular weight excluding hydrogens is 308 g/mol. The maximum atomic E-state index is 12.4. The molecule has 126 valence electrons. The third kappa shape index (κ3) is 2.88. The number of hydrogen-bond donors (Lipinski definition) is 1. The van der Waals surface area contributed by atoms with Crippen LogP contribution in [0.25, 0.3) is 0 Å². The number of aliphatic hydroxyl groups is 1. The lowest BCUT2D eigenvalue weighted by atomic mass is 9.97. The topological polar surface area (TPSA) is 109 Å². The number of esters is 1. The van der Waals surface area contributed by atoms with Gasteiger partial charge in [0.15, 0.2) is 6.29 Å². The molecule has 9 heteroatoms. The summed E-state index contributed by atoms with van der Waals surface area (Å²) in [6, 6.07) is -0.694. The molecular formula is C14H18N2O7. The summed E-state index contributed by atoms with van der Waals surface area (Å²) in [6.45, 7) is 2.13. The van der Waals surface area contributed by atoms with E-state index in [1.807, 2.05) is 0 Å². The number of ether oxygens (including phenoxy) is 4. The van der Waals surface area contributed by atoms with Crippen LogP contribution in [-0.4, -0.2) is 65.6 Å². The van der Waals surface area contributed by atoms with E-state index in [9.17, 15) is 14.7 Å². The van der Waals surface area contributed by atoms with Crippen molar-refractivity contribution in [3.8, 4) is 0 Å². The Morgan fingerprint density at radius 3 is 2.96 bits per heavy atom. The zero-order valence-electron chi connectivity index (χ0n) is 12.7. The summed E-state index contributed by atoms with van der Waals surface area (Å²) in [7, 11) is 1.17. The molecule has 0 aromatic carbocycles. The van der Waals surface area contributed by atoms with E-state index in [-0.39, 0.29) is 12.3 Å². The van der Waals surface area contributed by atoms with Crippen molar-refractivity contribution in [3.63, 3.8) is 0 Å². The molecule has 2 saturated heterocycles. The number of nitrogens with zero attached hydrogens (tertiary/aromatic N) is 2. The summed E-state index contributed by atoms with van der Waals surface area (Å²) in [4.78, 5) is 27.7. The second kappa shape index (κ2) is 6.36. The van der Waals surface area contributed by atoms with Crippen molar-refractivity contribution in [3.05, 3.63) is 28.4 Å². The zero-order valence-corrected chi connectivity index (χ0v) is 12.7. The van der Waals surface area contributed by atoms with Gasteiger partial charge in [0, 0.05) is 12.4 Å². The standard InChI is InChI=1S/C14H18N2O7/c1-7-21-6-9-12(23-7)11(17)8(5-22-9)16-4-3-15-10(13(16)18)14(19)20-2/h3-4,7-9,11-12,17H,5-6H2,1-2H3/t7?,8-,9-,11+,12+/m1/s1. The van der Waals surface area contributed by atoms with Gasteiger partial charge >= 0.3 is 5.97 Å². The van der Waals surface area contributed by atoms with Crippen LogP contribution in [0.1, 0.15) is 23.5 Å². The van der Waals surface area contributed by atoms with E-state index in [1.54, 1.807) is 6.92 Å². The van der Waals surface area contributed by atoms with Gasteiger partial charge in [0.2, 0.25) is 5.69 Å². The Bertz CT molecular complexity index is 646. The maximum absolute atomic E-state index is 12.4. The molecule has 3 rings (SSSR count). The molecule has 1 aromatic heterocycles. The highest BCUT2D eigenvalue weighted by Crippen LogP contribution is 2.29. The molecule has 2 fully saturated rings. The minimum Gasteiger partial charge on any atom is -0.464 e. The third-order valence-electron chi connectivity index (χ3n) is 4.03.